The van der Waals surface area contributed by atoms with Crippen molar-refractivity contribution in [3.63, 3.8) is 0 Å². The predicted molar refractivity (Wildman–Crippen MR) is 404 cm³/mol. The normalized spacial score (nSPS) is 11.1. The summed E-state index contributed by atoms with van der Waals surface area (Å²) < 4.78 is 35.9. The van der Waals surface area contributed by atoms with Crippen molar-refractivity contribution in [3.05, 3.63) is 319 Å². The first-order chi connectivity index (χ1) is 46.8. The maximum absolute atomic E-state index is 7.60. The molecule has 6 aromatic heterocycles. The first-order valence-electron chi connectivity index (χ1n) is 35.0. The lowest BCUT2D eigenvalue weighted by Gasteiger charge is -2.09. The Labute approximate surface area is 582 Å². The van der Waals surface area contributed by atoms with E-state index in [2.05, 4.69) is 349 Å². The van der Waals surface area contributed by atoms with Gasteiger partial charge < -0.3 is 0 Å². The third-order valence-electron chi connectivity index (χ3n) is 18.8. The SMILES string of the molecule is Cc1ccc(-c2cccc(C)[n+]2C)c(C)c1.Cc1ccc(C)c(-c2c(C)ccc[n+]2C)c1.Cc1cccc(-c2cccc(C)[n+]2C)c1C.Cc1cccc(C)c1-c1c(C)ccc[n+]1C.Cc1cccc(C)c1-c1c(C)ccc[n+]1C.[2H]C([2H])([2H])c1cccc(-c2cccc(C)[n+]2C)c1C. The Morgan fingerprint density at radius 3 is 0.958 bits per heavy atom. The highest BCUT2D eigenvalue weighted by atomic mass is 15.0. The molecule has 6 heteroatoms. The Balaban J connectivity index is 0.000000167. The van der Waals surface area contributed by atoms with Crippen LogP contribution < -0.4 is 27.4 Å². The molecule has 12 rings (SSSR count). The Morgan fingerprint density at radius 2 is 0.562 bits per heavy atom. The van der Waals surface area contributed by atoms with Gasteiger partial charge in [0.05, 0.1) is 11.1 Å². The lowest BCUT2D eigenvalue weighted by atomic mass is 9.97. The zero-order valence-corrected chi connectivity index (χ0v) is 62.0. The summed E-state index contributed by atoms with van der Waals surface area (Å²) in [6.45, 7) is 34.3. The molecule has 0 bridgehead atoms. The molecule has 0 amide bonds. The molecule has 6 nitrogen and oxygen atoms in total. The molecule has 0 atom stereocenters. The number of nitrogens with zero attached hydrogens (tertiary/aromatic N) is 6. The molecule has 0 radical (unpaired) electrons. The summed E-state index contributed by atoms with van der Waals surface area (Å²) in [5.41, 5.74) is 37.5. The minimum Gasteiger partial charge on any atom is -0.201 e. The zero-order valence-electron chi connectivity index (χ0n) is 65.0. The maximum atomic E-state index is 7.60. The van der Waals surface area contributed by atoms with Crippen LogP contribution in [0.15, 0.2) is 219 Å². The average molecular weight is 1280 g/mol. The fourth-order valence-electron chi connectivity index (χ4n) is 12.7. The molecule has 0 aliphatic rings. The number of pyridine rings is 6. The molecule has 0 fully saturated rings. The summed E-state index contributed by atoms with van der Waals surface area (Å²) >= 11 is 0. The van der Waals surface area contributed by atoms with Gasteiger partial charge >= 0.3 is 0 Å². The summed E-state index contributed by atoms with van der Waals surface area (Å²) in [4.78, 5) is 0. The van der Waals surface area contributed by atoms with Crippen molar-refractivity contribution < 1.29 is 31.5 Å². The Bertz CT molecular complexity index is 4470. The van der Waals surface area contributed by atoms with Gasteiger partial charge in [-0.15, -0.1) is 0 Å². The van der Waals surface area contributed by atoms with Gasteiger partial charge in [-0.1, -0.05) is 96.1 Å². The highest BCUT2D eigenvalue weighted by molar-refractivity contribution is 5.70. The van der Waals surface area contributed by atoms with Crippen LogP contribution >= 0.6 is 0 Å². The van der Waals surface area contributed by atoms with Crippen LogP contribution in [-0.4, -0.2) is 0 Å². The van der Waals surface area contributed by atoms with Crippen LogP contribution in [0.3, 0.4) is 0 Å². The van der Waals surface area contributed by atoms with Crippen LogP contribution in [0.25, 0.3) is 67.5 Å². The fourth-order valence-corrected chi connectivity index (χ4v) is 12.7. The summed E-state index contributed by atoms with van der Waals surface area (Å²) in [6.07, 6.45) is 6.31. The van der Waals surface area contributed by atoms with Gasteiger partial charge in [0.25, 0.3) is 0 Å². The van der Waals surface area contributed by atoms with Gasteiger partial charge in [0.15, 0.2) is 35.7 Å². The summed E-state index contributed by atoms with van der Waals surface area (Å²) in [5.74, 6) is 0. The van der Waals surface area contributed by atoms with Crippen LogP contribution in [0.1, 0.15) is 105 Å². The molecule has 492 valence electrons. The molecule has 12 aromatic rings. The van der Waals surface area contributed by atoms with Gasteiger partial charge in [-0.05, 0) is 220 Å². The van der Waals surface area contributed by atoms with Crippen LogP contribution in [0.5, 0.6) is 0 Å². The van der Waals surface area contributed by atoms with E-state index < -0.39 is 6.85 Å². The largest absolute Gasteiger partial charge is 0.215 e. The summed E-state index contributed by atoms with van der Waals surface area (Å²) in [7, 11) is 12.5. The number of hydrogen-bond donors (Lipinski definition) is 0. The topological polar surface area (TPSA) is 23.3 Å². The van der Waals surface area contributed by atoms with Gasteiger partial charge in [0, 0.05) is 118 Å². The summed E-state index contributed by atoms with van der Waals surface area (Å²) in [6, 6.07) is 69.8. The van der Waals surface area contributed by atoms with E-state index in [0.717, 1.165) is 22.5 Å². The number of rotatable bonds is 6. The molecule has 0 spiro atoms. The molecule has 0 N–H and O–H groups in total. The van der Waals surface area contributed by atoms with Crippen molar-refractivity contribution in [1.82, 2.24) is 0 Å². The molecular weight excluding hydrogens is 1170 g/mol. The van der Waals surface area contributed by atoms with E-state index in [-0.39, 0.29) is 0 Å². The monoisotopic (exact) mass is 1280 g/mol. The molecule has 96 heavy (non-hydrogen) atoms. The fraction of sp³-hybridized carbons (Fsp3) is 0.267. The van der Waals surface area contributed by atoms with Crippen LogP contribution in [0.2, 0.25) is 0 Å². The molecule has 0 aliphatic heterocycles. The van der Waals surface area contributed by atoms with Crippen molar-refractivity contribution >= 4 is 0 Å². The molecular formula is C90H108N6+6. The van der Waals surface area contributed by atoms with Gasteiger partial charge in [-0.3, -0.25) is 0 Å². The van der Waals surface area contributed by atoms with Gasteiger partial charge in [-0.25, -0.2) is 13.7 Å². The third kappa shape index (κ3) is 18.0. The highest BCUT2D eigenvalue weighted by Gasteiger charge is 2.21. The minimum atomic E-state index is -2.07. The second-order valence-electron chi connectivity index (χ2n) is 26.2. The van der Waals surface area contributed by atoms with Crippen LogP contribution in [-0.2, 0) is 42.3 Å². The Morgan fingerprint density at radius 1 is 0.240 bits per heavy atom. The smallest absolute Gasteiger partial charge is 0.201 e. The zero-order chi connectivity index (χ0) is 72.7. The second-order valence-corrected chi connectivity index (χ2v) is 26.2. The van der Waals surface area contributed by atoms with Crippen molar-refractivity contribution in [2.75, 3.05) is 0 Å². The predicted octanol–water partition coefficient (Wildman–Crippen LogP) is 18.6. The molecule has 0 unspecified atom stereocenters. The van der Waals surface area contributed by atoms with Crippen LogP contribution in [0, 0.1) is 125 Å². The van der Waals surface area contributed by atoms with Gasteiger partial charge in [0.1, 0.15) is 42.3 Å². The number of aryl methyl sites for hydroxylation is 19. The highest BCUT2D eigenvalue weighted by Crippen LogP contribution is 2.30. The Kier molecular flexibility index (Phi) is 24.1. The van der Waals surface area contributed by atoms with Gasteiger partial charge in [0.2, 0.25) is 34.2 Å². The molecule has 6 aromatic carbocycles. The van der Waals surface area contributed by atoms with Crippen molar-refractivity contribution in [3.8, 4) is 67.5 Å². The van der Waals surface area contributed by atoms with E-state index in [4.69, 9.17) is 4.11 Å². The van der Waals surface area contributed by atoms with E-state index >= 15 is 0 Å². The number of aromatic nitrogens is 6. The number of benzene rings is 6. The van der Waals surface area contributed by atoms with E-state index in [1.165, 1.54) is 140 Å². The molecule has 0 saturated heterocycles. The first-order valence-corrected chi connectivity index (χ1v) is 33.5. The van der Waals surface area contributed by atoms with E-state index in [1.807, 2.05) is 51.2 Å². The number of hydrogen-bond acceptors (Lipinski definition) is 0. The van der Waals surface area contributed by atoms with Crippen LogP contribution in [0.4, 0.5) is 0 Å². The Hall–Kier alpha value is -9.78. The maximum Gasteiger partial charge on any atom is 0.215 e. The van der Waals surface area contributed by atoms with E-state index in [1.54, 1.807) is 6.07 Å². The lowest BCUT2D eigenvalue weighted by molar-refractivity contribution is -0.666. The van der Waals surface area contributed by atoms with Crippen molar-refractivity contribution in [1.29, 1.82) is 0 Å². The van der Waals surface area contributed by atoms with E-state index in [9.17, 15) is 0 Å². The summed E-state index contributed by atoms with van der Waals surface area (Å²) in [5, 5.41) is 0. The first kappa shape index (κ1) is 69.1. The van der Waals surface area contributed by atoms with E-state index in [0.29, 0.717) is 5.56 Å². The third-order valence-corrected chi connectivity index (χ3v) is 18.8. The standard InChI is InChI=1S/6C15H18N/c2*1-11-7-5-9-14(13(11)3)15-10-6-8-12(2)16(15)4;2*1-11-7-5-8-12(2)14(11)15-13(3)9-6-10-16(15)4;1-11-7-8-12(2)14(10-11)15-13(3)6-5-9-16(15)4;1-11-8-9-14(12(2)10-11)15-7-5-6-13(3)16(15)4/h6*5-10H,1-4H3/q6*+1/i1D3;;;;;. The quantitative estimate of drug-likeness (QED) is 0.148. The van der Waals surface area contributed by atoms with Crippen molar-refractivity contribution in [2.24, 2.45) is 42.3 Å². The second kappa shape index (κ2) is 33.6. The van der Waals surface area contributed by atoms with Gasteiger partial charge in [-0.2, -0.15) is 13.7 Å². The molecule has 0 saturated carbocycles. The lowest BCUT2D eigenvalue weighted by Crippen LogP contribution is -2.34. The average Bonchev–Trinajstić information content (AvgIpc) is 0.823. The molecule has 0 aliphatic carbocycles. The molecule has 6 heterocycles. The minimum absolute atomic E-state index is 0.423. The van der Waals surface area contributed by atoms with Crippen molar-refractivity contribution in [2.45, 2.75) is 125 Å².